The van der Waals surface area contributed by atoms with Crippen LogP contribution in [0.3, 0.4) is 0 Å². The topological polar surface area (TPSA) is 29.0 Å². The van der Waals surface area contributed by atoms with Crippen molar-refractivity contribution in [2.24, 2.45) is 5.92 Å². The van der Waals surface area contributed by atoms with E-state index in [9.17, 15) is 0 Å². The lowest BCUT2D eigenvalue weighted by molar-refractivity contribution is 0.329. The number of hydrogen-bond donors (Lipinski definition) is 0. The molecule has 0 aliphatic heterocycles. The number of halogens is 1. The molecule has 3 nitrogen and oxygen atoms in total. The van der Waals surface area contributed by atoms with Crippen LogP contribution < -0.4 is 4.90 Å². The lowest BCUT2D eigenvalue weighted by Crippen LogP contribution is -2.34. The molecule has 0 amide bonds. The highest BCUT2D eigenvalue weighted by Gasteiger charge is 2.28. The van der Waals surface area contributed by atoms with Crippen LogP contribution in [0.5, 0.6) is 0 Å². The second-order valence-corrected chi connectivity index (χ2v) is 5.91. The van der Waals surface area contributed by atoms with Gasteiger partial charge in [-0.15, -0.1) is 11.6 Å². The molecule has 16 heavy (non-hydrogen) atoms. The largest absolute Gasteiger partial charge is 0.350 e. The van der Waals surface area contributed by atoms with Gasteiger partial charge in [-0.3, -0.25) is 0 Å². The summed E-state index contributed by atoms with van der Waals surface area (Å²) in [5.41, 5.74) is 0. The monoisotopic (exact) mass is 259 g/mol. The van der Waals surface area contributed by atoms with E-state index in [0.717, 1.165) is 49.1 Å². The van der Waals surface area contributed by atoms with Crippen molar-refractivity contribution in [3.05, 3.63) is 5.82 Å². The van der Waals surface area contributed by atoms with Crippen molar-refractivity contribution in [2.45, 2.75) is 38.0 Å². The van der Waals surface area contributed by atoms with Crippen LogP contribution in [-0.2, 0) is 6.42 Å². The molecule has 0 N–H and O–H groups in total. The van der Waals surface area contributed by atoms with Crippen molar-refractivity contribution in [3.8, 4) is 0 Å². The summed E-state index contributed by atoms with van der Waals surface area (Å²) in [4.78, 5) is 6.74. The second kappa shape index (κ2) is 5.32. The Morgan fingerprint density at radius 3 is 2.88 bits per heavy atom. The van der Waals surface area contributed by atoms with Crippen molar-refractivity contribution in [1.82, 2.24) is 9.36 Å². The SMILES string of the molecule is CCCc1nsc(N(C)CC2CC(Cl)C2)n1. The van der Waals surface area contributed by atoms with Crippen molar-refractivity contribution in [2.75, 3.05) is 18.5 Å². The Hall–Kier alpha value is -0.350. The van der Waals surface area contributed by atoms with Gasteiger partial charge in [-0.25, -0.2) is 4.98 Å². The molecule has 1 aliphatic carbocycles. The third kappa shape index (κ3) is 2.86. The van der Waals surface area contributed by atoms with Crippen molar-refractivity contribution < 1.29 is 0 Å². The molecule has 0 atom stereocenters. The zero-order valence-electron chi connectivity index (χ0n) is 9.82. The minimum atomic E-state index is 0.406. The predicted molar refractivity (Wildman–Crippen MR) is 69.5 cm³/mol. The van der Waals surface area contributed by atoms with Crippen molar-refractivity contribution in [3.63, 3.8) is 0 Å². The molecule has 5 heteroatoms. The molecule has 1 aliphatic rings. The first-order valence-electron chi connectivity index (χ1n) is 5.86. The van der Waals surface area contributed by atoms with Crippen molar-refractivity contribution >= 4 is 28.3 Å². The summed E-state index contributed by atoms with van der Waals surface area (Å²) in [6.07, 6.45) is 4.38. The zero-order valence-corrected chi connectivity index (χ0v) is 11.4. The maximum atomic E-state index is 5.97. The van der Waals surface area contributed by atoms with E-state index in [4.69, 9.17) is 11.6 Å². The zero-order chi connectivity index (χ0) is 11.5. The first-order valence-corrected chi connectivity index (χ1v) is 7.07. The molecule has 1 fully saturated rings. The maximum Gasteiger partial charge on any atom is 0.204 e. The highest BCUT2D eigenvalue weighted by atomic mass is 35.5. The third-order valence-corrected chi connectivity index (χ3v) is 4.19. The molecule has 0 aromatic carbocycles. The van der Waals surface area contributed by atoms with Gasteiger partial charge in [-0.1, -0.05) is 6.92 Å². The lowest BCUT2D eigenvalue weighted by Gasteiger charge is -2.33. The van der Waals surface area contributed by atoms with Crippen LogP contribution in [0.4, 0.5) is 5.13 Å². The van der Waals surface area contributed by atoms with Gasteiger partial charge >= 0.3 is 0 Å². The molecular formula is C11H18ClN3S. The lowest BCUT2D eigenvalue weighted by atomic mass is 9.84. The van der Waals surface area contributed by atoms with E-state index in [1.165, 1.54) is 11.5 Å². The van der Waals surface area contributed by atoms with Crippen LogP contribution >= 0.6 is 23.1 Å². The molecule has 1 heterocycles. The minimum absolute atomic E-state index is 0.406. The fourth-order valence-electron chi connectivity index (χ4n) is 1.99. The van der Waals surface area contributed by atoms with E-state index in [0.29, 0.717) is 5.38 Å². The summed E-state index contributed by atoms with van der Waals surface area (Å²) >= 11 is 7.48. The van der Waals surface area contributed by atoms with Gasteiger partial charge in [0, 0.05) is 36.9 Å². The maximum absolute atomic E-state index is 5.97. The van der Waals surface area contributed by atoms with E-state index in [1.807, 2.05) is 0 Å². The Morgan fingerprint density at radius 2 is 2.25 bits per heavy atom. The Bertz CT molecular complexity index is 336. The average molecular weight is 260 g/mol. The van der Waals surface area contributed by atoms with Crippen LogP contribution in [0.2, 0.25) is 0 Å². The van der Waals surface area contributed by atoms with Gasteiger partial charge in [-0.2, -0.15) is 4.37 Å². The van der Waals surface area contributed by atoms with Crippen LogP contribution in [0.25, 0.3) is 0 Å². The third-order valence-electron chi connectivity index (χ3n) is 2.97. The molecule has 90 valence electrons. The normalized spacial score (nSPS) is 24.2. The van der Waals surface area contributed by atoms with Crippen molar-refractivity contribution in [1.29, 1.82) is 0 Å². The summed E-state index contributed by atoms with van der Waals surface area (Å²) in [7, 11) is 2.10. The fraction of sp³-hybridized carbons (Fsp3) is 0.818. The molecule has 1 aromatic heterocycles. The molecule has 0 radical (unpaired) electrons. The number of aromatic nitrogens is 2. The quantitative estimate of drug-likeness (QED) is 0.762. The van der Waals surface area contributed by atoms with Crippen LogP contribution in [0, 0.1) is 5.92 Å². The molecule has 0 spiro atoms. The number of alkyl halides is 1. The summed E-state index contributed by atoms with van der Waals surface area (Å²) in [5, 5.41) is 1.45. The Kier molecular flexibility index (Phi) is 4.03. The Labute approximate surface area is 106 Å². The predicted octanol–water partition coefficient (Wildman–Crippen LogP) is 2.94. The molecule has 1 aromatic rings. The van der Waals surface area contributed by atoms with E-state index in [1.54, 1.807) is 0 Å². The second-order valence-electron chi connectivity index (χ2n) is 4.56. The van der Waals surface area contributed by atoms with Gasteiger partial charge in [0.1, 0.15) is 5.82 Å². The van der Waals surface area contributed by atoms with E-state index < -0.39 is 0 Å². The number of hydrogen-bond acceptors (Lipinski definition) is 4. The van der Waals surface area contributed by atoms with Crippen LogP contribution in [0.15, 0.2) is 0 Å². The van der Waals surface area contributed by atoms with E-state index in [-0.39, 0.29) is 0 Å². The Morgan fingerprint density at radius 1 is 1.50 bits per heavy atom. The van der Waals surface area contributed by atoms with E-state index >= 15 is 0 Å². The first kappa shape index (κ1) is 12.1. The number of nitrogens with zero attached hydrogens (tertiary/aromatic N) is 3. The highest BCUT2D eigenvalue weighted by Crippen LogP contribution is 2.33. The van der Waals surface area contributed by atoms with Gasteiger partial charge < -0.3 is 4.90 Å². The first-order chi connectivity index (χ1) is 7.69. The van der Waals surface area contributed by atoms with Gasteiger partial charge in [0.25, 0.3) is 0 Å². The van der Waals surface area contributed by atoms with Gasteiger partial charge in [0.05, 0.1) is 0 Å². The summed E-state index contributed by atoms with van der Waals surface area (Å²) in [6, 6.07) is 0. The van der Waals surface area contributed by atoms with E-state index in [2.05, 4.69) is 28.2 Å². The summed E-state index contributed by atoms with van der Waals surface area (Å²) < 4.78 is 4.36. The molecule has 0 unspecified atom stereocenters. The van der Waals surface area contributed by atoms with Crippen LogP contribution in [-0.4, -0.2) is 28.3 Å². The molecule has 0 saturated heterocycles. The smallest absolute Gasteiger partial charge is 0.204 e. The highest BCUT2D eigenvalue weighted by molar-refractivity contribution is 7.09. The van der Waals surface area contributed by atoms with Crippen LogP contribution in [0.1, 0.15) is 32.0 Å². The average Bonchev–Trinajstić information content (AvgIpc) is 2.64. The summed E-state index contributed by atoms with van der Waals surface area (Å²) in [5.74, 6) is 1.73. The van der Waals surface area contributed by atoms with Gasteiger partial charge in [0.15, 0.2) is 0 Å². The number of aryl methyl sites for hydroxylation is 1. The van der Waals surface area contributed by atoms with Gasteiger partial charge in [0.2, 0.25) is 5.13 Å². The summed E-state index contributed by atoms with van der Waals surface area (Å²) in [6.45, 7) is 3.21. The number of anilines is 1. The number of rotatable bonds is 5. The van der Waals surface area contributed by atoms with Gasteiger partial charge in [-0.05, 0) is 25.2 Å². The molecule has 2 rings (SSSR count). The minimum Gasteiger partial charge on any atom is -0.350 e. The molecular weight excluding hydrogens is 242 g/mol. The Balaban J connectivity index is 1.85. The molecule has 0 bridgehead atoms. The molecule has 1 saturated carbocycles. The fourth-order valence-corrected chi connectivity index (χ4v) is 3.18. The standard InChI is InChI=1S/C11H18ClN3S/c1-3-4-10-13-11(16-14-10)15(2)7-8-5-9(12)6-8/h8-9H,3-7H2,1-2H3.